The maximum Gasteiger partial charge on any atom is 0.124 e. The predicted octanol–water partition coefficient (Wildman–Crippen LogP) is 3.82. The lowest BCUT2D eigenvalue weighted by Crippen LogP contribution is -2.29. The van der Waals surface area contributed by atoms with Crippen molar-refractivity contribution in [3.63, 3.8) is 0 Å². The molecule has 0 heterocycles. The number of hydrogen-bond acceptors (Lipinski definition) is 1. The lowest BCUT2D eigenvalue weighted by molar-refractivity contribution is 0.0519. The van der Waals surface area contributed by atoms with Crippen molar-refractivity contribution in [3.05, 3.63) is 34.6 Å². The molecule has 2 rings (SSSR count). The van der Waals surface area contributed by atoms with Gasteiger partial charge in [0, 0.05) is 5.02 Å². The summed E-state index contributed by atoms with van der Waals surface area (Å²) in [5, 5.41) is 10.4. The van der Waals surface area contributed by atoms with Gasteiger partial charge in [-0.25, -0.2) is 4.39 Å². The number of aliphatic hydroxyl groups excluding tert-OH is 1. The summed E-state index contributed by atoms with van der Waals surface area (Å²) < 4.78 is 12.9. The van der Waals surface area contributed by atoms with Gasteiger partial charge < -0.3 is 5.11 Å². The smallest absolute Gasteiger partial charge is 0.124 e. The zero-order chi connectivity index (χ0) is 12.4. The monoisotopic (exact) mass is 256 g/mol. The molecule has 3 atom stereocenters. The minimum atomic E-state index is -0.309. The van der Waals surface area contributed by atoms with E-state index in [4.69, 9.17) is 11.6 Å². The van der Waals surface area contributed by atoms with Crippen molar-refractivity contribution >= 4 is 11.6 Å². The SMILES string of the molecule is CC1CCC(O)C(Cc2ccc(F)cc2Cl)C1. The van der Waals surface area contributed by atoms with Crippen LogP contribution in [0.25, 0.3) is 0 Å². The fourth-order valence-corrected chi connectivity index (χ4v) is 2.92. The van der Waals surface area contributed by atoms with Crippen molar-refractivity contribution in [1.29, 1.82) is 0 Å². The fraction of sp³-hybridized carbons (Fsp3) is 0.571. The Morgan fingerprint density at radius 1 is 1.41 bits per heavy atom. The van der Waals surface area contributed by atoms with Crippen molar-refractivity contribution in [3.8, 4) is 0 Å². The van der Waals surface area contributed by atoms with Crippen LogP contribution in [0, 0.1) is 17.7 Å². The second-order valence-corrected chi connectivity index (χ2v) is 5.59. The average Bonchev–Trinajstić information content (AvgIpc) is 2.27. The van der Waals surface area contributed by atoms with Crippen LogP contribution in [0.4, 0.5) is 4.39 Å². The summed E-state index contributed by atoms with van der Waals surface area (Å²) in [5.74, 6) is 0.598. The molecule has 17 heavy (non-hydrogen) atoms. The molecule has 0 bridgehead atoms. The number of aliphatic hydroxyl groups is 1. The molecule has 3 unspecified atom stereocenters. The normalized spacial score (nSPS) is 29.3. The summed E-state index contributed by atoms with van der Waals surface area (Å²) in [5.41, 5.74) is 0.936. The molecule has 1 N–H and O–H groups in total. The first-order valence-electron chi connectivity index (χ1n) is 6.18. The van der Waals surface area contributed by atoms with Crippen molar-refractivity contribution in [1.82, 2.24) is 0 Å². The third-order valence-electron chi connectivity index (χ3n) is 3.70. The van der Waals surface area contributed by atoms with Crippen LogP contribution in [0.2, 0.25) is 5.02 Å². The highest BCUT2D eigenvalue weighted by molar-refractivity contribution is 6.31. The van der Waals surface area contributed by atoms with E-state index < -0.39 is 0 Å². The molecule has 1 aromatic carbocycles. The Hall–Kier alpha value is -0.600. The second kappa shape index (κ2) is 5.36. The first-order chi connectivity index (χ1) is 8.06. The molecule has 0 radical (unpaired) electrons. The van der Waals surface area contributed by atoms with Gasteiger partial charge in [0.15, 0.2) is 0 Å². The number of benzene rings is 1. The number of rotatable bonds is 2. The molecule has 1 fully saturated rings. The van der Waals surface area contributed by atoms with Crippen LogP contribution in [0.5, 0.6) is 0 Å². The van der Waals surface area contributed by atoms with E-state index in [1.54, 1.807) is 6.07 Å². The van der Waals surface area contributed by atoms with Gasteiger partial charge in [-0.05, 0) is 55.2 Å². The highest BCUT2D eigenvalue weighted by atomic mass is 35.5. The number of halogens is 2. The maximum absolute atomic E-state index is 12.9. The average molecular weight is 257 g/mol. The van der Waals surface area contributed by atoms with Crippen molar-refractivity contribution in [2.75, 3.05) is 0 Å². The van der Waals surface area contributed by atoms with Gasteiger partial charge in [0.2, 0.25) is 0 Å². The van der Waals surface area contributed by atoms with Gasteiger partial charge in [-0.2, -0.15) is 0 Å². The largest absolute Gasteiger partial charge is 0.393 e. The molecule has 1 saturated carbocycles. The molecule has 1 aliphatic carbocycles. The highest BCUT2D eigenvalue weighted by Gasteiger charge is 2.27. The number of hydrogen-bond donors (Lipinski definition) is 1. The van der Waals surface area contributed by atoms with Crippen molar-refractivity contribution in [2.24, 2.45) is 11.8 Å². The van der Waals surface area contributed by atoms with Crippen LogP contribution in [-0.4, -0.2) is 11.2 Å². The van der Waals surface area contributed by atoms with Crippen LogP contribution in [0.15, 0.2) is 18.2 Å². The Kier molecular flexibility index (Phi) is 4.05. The van der Waals surface area contributed by atoms with Gasteiger partial charge in [-0.15, -0.1) is 0 Å². The second-order valence-electron chi connectivity index (χ2n) is 5.19. The molecule has 1 nitrogen and oxygen atoms in total. The van der Waals surface area contributed by atoms with Crippen LogP contribution in [-0.2, 0) is 6.42 Å². The van der Waals surface area contributed by atoms with E-state index in [1.807, 2.05) is 0 Å². The van der Waals surface area contributed by atoms with Gasteiger partial charge in [0.1, 0.15) is 5.82 Å². The standard InChI is InChI=1S/C14H18ClFO/c1-9-2-5-14(17)11(6-9)7-10-3-4-12(16)8-13(10)15/h3-4,8-9,11,14,17H,2,5-7H2,1H3. The molecule has 0 aliphatic heterocycles. The molecule has 1 aliphatic rings. The summed E-state index contributed by atoms with van der Waals surface area (Å²) in [6, 6.07) is 4.50. The molecular weight excluding hydrogens is 239 g/mol. The Bertz CT molecular complexity index is 394. The Morgan fingerprint density at radius 2 is 2.18 bits per heavy atom. The summed E-state index contributed by atoms with van der Waals surface area (Å²) in [4.78, 5) is 0. The summed E-state index contributed by atoms with van der Waals surface area (Å²) >= 11 is 6.01. The van der Waals surface area contributed by atoms with Crippen LogP contribution < -0.4 is 0 Å². The van der Waals surface area contributed by atoms with Crippen LogP contribution >= 0.6 is 11.6 Å². The Labute approximate surface area is 107 Å². The van der Waals surface area contributed by atoms with E-state index in [0.29, 0.717) is 10.9 Å². The predicted molar refractivity (Wildman–Crippen MR) is 67.6 cm³/mol. The van der Waals surface area contributed by atoms with Gasteiger partial charge >= 0.3 is 0 Å². The minimum absolute atomic E-state index is 0.243. The Balaban J connectivity index is 2.08. The molecule has 0 saturated heterocycles. The van der Waals surface area contributed by atoms with E-state index in [1.165, 1.54) is 12.1 Å². The molecule has 3 heteroatoms. The fourth-order valence-electron chi connectivity index (χ4n) is 2.67. The van der Waals surface area contributed by atoms with E-state index in [-0.39, 0.29) is 17.8 Å². The van der Waals surface area contributed by atoms with E-state index in [2.05, 4.69) is 6.92 Å². The molecule has 0 spiro atoms. The van der Waals surface area contributed by atoms with Crippen LogP contribution in [0.3, 0.4) is 0 Å². The maximum atomic E-state index is 12.9. The minimum Gasteiger partial charge on any atom is -0.393 e. The molecule has 94 valence electrons. The summed E-state index contributed by atoms with van der Waals surface area (Å²) in [6.45, 7) is 2.21. The van der Waals surface area contributed by atoms with E-state index in [0.717, 1.165) is 31.2 Å². The van der Waals surface area contributed by atoms with Crippen molar-refractivity contribution in [2.45, 2.75) is 38.7 Å². The van der Waals surface area contributed by atoms with Gasteiger partial charge in [-0.3, -0.25) is 0 Å². The topological polar surface area (TPSA) is 20.2 Å². The van der Waals surface area contributed by atoms with E-state index in [9.17, 15) is 9.50 Å². The lowest BCUT2D eigenvalue weighted by Gasteiger charge is -2.31. The van der Waals surface area contributed by atoms with Gasteiger partial charge in [0.25, 0.3) is 0 Å². The van der Waals surface area contributed by atoms with Crippen LogP contribution in [0.1, 0.15) is 31.7 Å². The summed E-state index contributed by atoms with van der Waals surface area (Å²) in [7, 11) is 0. The molecule has 0 amide bonds. The van der Waals surface area contributed by atoms with E-state index >= 15 is 0 Å². The summed E-state index contributed by atoms with van der Waals surface area (Å²) in [6.07, 6.45) is 3.48. The lowest BCUT2D eigenvalue weighted by atomic mass is 9.77. The zero-order valence-corrected chi connectivity index (χ0v) is 10.8. The highest BCUT2D eigenvalue weighted by Crippen LogP contribution is 2.33. The third kappa shape index (κ3) is 3.20. The van der Waals surface area contributed by atoms with Gasteiger partial charge in [-0.1, -0.05) is 24.6 Å². The first-order valence-corrected chi connectivity index (χ1v) is 6.56. The first kappa shape index (κ1) is 12.8. The molecule has 1 aromatic rings. The molecular formula is C14H18ClFO. The Morgan fingerprint density at radius 3 is 2.88 bits per heavy atom. The zero-order valence-electron chi connectivity index (χ0n) is 10.00. The van der Waals surface area contributed by atoms with Crippen molar-refractivity contribution < 1.29 is 9.50 Å². The van der Waals surface area contributed by atoms with Gasteiger partial charge in [0.05, 0.1) is 6.10 Å². The quantitative estimate of drug-likeness (QED) is 0.853. The molecule has 0 aromatic heterocycles. The third-order valence-corrected chi connectivity index (χ3v) is 4.05.